The molecule has 4 nitrogen and oxygen atoms in total. The van der Waals surface area contributed by atoms with Gasteiger partial charge in [0.1, 0.15) is 18.2 Å². The van der Waals surface area contributed by atoms with Crippen LogP contribution in [-0.4, -0.2) is 14.9 Å². The van der Waals surface area contributed by atoms with E-state index in [1.165, 1.54) is 18.2 Å². The van der Waals surface area contributed by atoms with Crippen LogP contribution in [0.3, 0.4) is 0 Å². The lowest BCUT2D eigenvalue weighted by molar-refractivity contribution is 0.189. The molecule has 0 bridgehead atoms. The van der Waals surface area contributed by atoms with Crippen molar-refractivity contribution in [3.63, 3.8) is 0 Å². The number of ether oxygens (including phenoxy) is 1. The molecule has 0 amide bonds. The van der Waals surface area contributed by atoms with Crippen molar-refractivity contribution in [1.29, 1.82) is 0 Å². The molecule has 0 aliphatic rings. The summed E-state index contributed by atoms with van der Waals surface area (Å²) in [5.41, 5.74) is 1.94. The van der Waals surface area contributed by atoms with E-state index in [9.17, 15) is 9.50 Å². The number of aryl methyl sites for hydroxylation is 2. The number of benzene rings is 1. The first kappa shape index (κ1) is 14.8. The Balaban J connectivity index is 2.24. The van der Waals surface area contributed by atoms with Gasteiger partial charge < -0.3 is 9.84 Å². The molecular formula is C14H16ClFN2O2. The van der Waals surface area contributed by atoms with Crippen molar-refractivity contribution in [3.05, 3.63) is 46.0 Å². The average molecular weight is 299 g/mol. The second kappa shape index (κ2) is 5.81. The highest BCUT2D eigenvalue weighted by Gasteiger charge is 2.14. The fourth-order valence-corrected chi connectivity index (χ4v) is 2.18. The van der Waals surface area contributed by atoms with E-state index in [2.05, 4.69) is 5.10 Å². The maximum absolute atomic E-state index is 13.3. The van der Waals surface area contributed by atoms with Gasteiger partial charge in [0.25, 0.3) is 0 Å². The summed E-state index contributed by atoms with van der Waals surface area (Å²) in [4.78, 5) is 0. The van der Waals surface area contributed by atoms with Crippen molar-refractivity contribution in [3.8, 4) is 5.75 Å². The van der Waals surface area contributed by atoms with E-state index in [-0.39, 0.29) is 6.61 Å². The standard InChI is InChI=1S/C14H16ClFN2O2/c1-8-14(15)12(18(3)17-8)7-20-13-6-10(16)4-5-11(13)9(2)19/h4-6,9,19H,7H2,1-3H3. The van der Waals surface area contributed by atoms with Gasteiger partial charge in [-0.1, -0.05) is 11.6 Å². The molecule has 20 heavy (non-hydrogen) atoms. The molecule has 1 aromatic carbocycles. The molecular weight excluding hydrogens is 283 g/mol. The summed E-state index contributed by atoms with van der Waals surface area (Å²) >= 11 is 6.13. The number of hydrogen-bond donors (Lipinski definition) is 1. The van der Waals surface area contributed by atoms with E-state index in [0.29, 0.717) is 27.7 Å². The molecule has 108 valence electrons. The molecule has 1 N–H and O–H groups in total. The maximum Gasteiger partial charge on any atom is 0.131 e. The predicted molar refractivity (Wildman–Crippen MR) is 74.3 cm³/mol. The molecule has 2 aromatic rings. The zero-order valence-electron chi connectivity index (χ0n) is 11.5. The van der Waals surface area contributed by atoms with Crippen LogP contribution in [0.1, 0.15) is 30.0 Å². The van der Waals surface area contributed by atoms with E-state index < -0.39 is 11.9 Å². The third kappa shape index (κ3) is 2.94. The predicted octanol–water partition coefficient (Wildman–Crippen LogP) is 3.15. The summed E-state index contributed by atoms with van der Waals surface area (Å²) in [5.74, 6) is -0.119. The Morgan fingerprint density at radius 2 is 2.20 bits per heavy atom. The van der Waals surface area contributed by atoms with Crippen LogP contribution in [0.25, 0.3) is 0 Å². The number of aromatic nitrogens is 2. The molecule has 0 aliphatic carbocycles. The lowest BCUT2D eigenvalue weighted by Gasteiger charge is -2.13. The van der Waals surface area contributed by atoms with Gasteiger partial charge in [-0.25, -0.2) is 4.39 Å². The second-order valence-corrected chi connectivity index (χ2v) is 4.99. The normalized spacial score (nSPS) is 12.5. The highest BCUT2D eigenvalue weighted by Crippen LogP contribution is 2.28. The Bertz CT molecular complexity index is 626. The highest BCUT2D eigenvalue weighted by atomic mass is 35.5. The Kier molecular flexibility index (Phi) is 4.30. The van der Waals surface area contributed by atoms with Gasteiger partial charge in [0.2, 0.25) is 0 Å². The molecule has 0 aliphatic heterocycles. The number of aliphatic hydroxyl groups is 1. The Morgan fingerprint density at radius 3 is 2.75 bits per heavy atom. The van der Waals surface area contributed by atoms with E-state index >= 15 is 0 Å². The van der Waals surface area contributed by atoms with Crippen LogP contribution < -0.4 is 4.74 Å². The van der Waals surface area contributed by atoms with E-state index in [1.54, 1.807) is 25.6 Å². The zero-order chi connectivity index (χ0) is 14.9. The zero-order valence-corrected chi connectivity index (χ0v) is 12.3. The lowest BCUT2D eigenvalue weighted by Crippen LogP contribution is -2.06. The highest BCUT2D eigenvalue weighted by molar-refractivity contribution is 6.31. The first-order valence-corrected chi connectivity index (χ1v) is 6.56. The van der Waals surface area contributed by atoms with Crippen LogP contribution in [0.5, 0.6) is 5.75 Å². The smallest absolute Gasteiger partial charge is 0.131 e. The minimum absolute atomic E-state index is 0.152. The number of nitrogens with zero attached hydrogens (tertiary/aromatic N) is 2. The quantitative estimate of drug-likeness (QED) is 0.943. The molecule has 0 saturated heterocycles. The minimum Gasteiger partial charge on any atom is -0.487 e. The lowest BCUT2D eigenvalue weighted by atomic mass is 10.1. The topological polar surface area (TPSA) is 47.3 Å². The van der Waals surface area contributed by atoms with Crippen LogP contribution in [0.15, 0.2) is 18.2 Å². The fraction of sp³-hybridized carbons (Fsp3) is 0.357. The SMILES string of the molecule is Cc1nn(C)c(COc2cc(F)ccc2C(C)O)c1Cl. The molecule has 6 heteroatoms. The number of halogens is 2. The van der Waals surface area contributed by atoms with Gasteiger partial charge in [-0.15, -0.1) is 0 Å². The summed E-state index contributed by atoms with van der Waals surface area (Å²) < 4.78 is 20.5. The van der Waals surface area contributed by atoms with Crippen LogP contribution in [0, 0.1) is 12.7 Å². The average Bonchev–Trinajstić information content (AvgIpc) is 2.61. The van der Waals surface area contributed by atoms with Crippen LogP contribution in [0.4, 0.5) is 4.39 Å². The molecule has 0 radical (unpaired) electrons. The van der Waals surface area contributed by atoms with Gasteiger partial charge >= 0.3 is 0 Å². The molecule has 0 fully saturated rings. The molecule has 0 spiro atoms. The van der Waals surface area contributed by atoms with Crippen molar-refractivity contribution in [2.75, 3.05) is 0 Å². The summed E-state index contributed by atoms with van der Waals surface area (Å²) in [6.45, 7) is 3.55. The summed E-state index contributed by atoms with van der Waals surface area (Å²) in [6.07, 6.45) is -0.741. The van der Waals surface area contributed by atoms with Gasteiger partial charge in [-0.2, -0.15) is 5.10 Å². The molecule has 1 atom stereocenters. The number of hydrogen-bond acceptors (Lipinski definition) is 3. The Hall–Kier alpha value is -1.59. The monoisotopic (exact) mass is 298 g/mol. The minimum atomic E-state index is -0.741. The van der Waals surface area contributed by atoms with Crippen LogP contribution in [0.2, 0.25) is 5.02 Å². The van der Waals surface area contributed by atoms with Gasteiger partial charge in [-0.05, 0) is 26.0 Å². The summed E-state index contributed by atoms with van der Waals surface area (Å²) in [6, 6.07) is 4.04. The van der Waals surface area contributed by atoms with Gasteiger partial charge in [0.15, 0.2) is 0 Å². The van der Waals surface area contributed by atoms with E-state index in [4.69, 9.17) is 16.3 Å². The maximum atomic E-state index is 13.3. The molecule has 1 unspecified atom stereocenters. The van der Waals surface area contributed by atoms with Crippen molar-refractivity contribution in [2.45, 2.75) is 26.6 Å². The van der Waals surface area contributed by atoms with Crippen molar-refractivity contribution in [1.82, 2.24) is 9.78 Å². The van der Waals surface area contributed by atoms with Crippen LogP contribution in [-0.2, 0) is 13.7 Å². The Labute approximate surface area is 121 Å². The first-order chi connectivity index (χ1) is 9.40. The van der Waals surface area contributed by atoms with Crippen LogP contribution >= 0.6 is 11.6 Å². The van der Waals surface area contributed by atoms with Gasteiger partial charge in [0, 0.05) is 18.7 Å². The molecule has 2 rings (SSSR count). The third-order valence-electron chi connectivity index (χ3n) is 3.05. The second-order valence-electron chi connectivity index (χ2n) is 4.62. The molecule has 0 saturated carbocycles. The number of rotatable bonds is 4. The third-order valence-corrected chi connectivity index (χ3v) is 3.54. The fourth-order valence-electron chi connectivity index (χ4n) is 1.96. The van der Waals surface area contributed by atoms with E-state index in [0.717, 1.165) is 0 Å². The van der Waals surface area contributed by atoms with Crippen molar-refractivity contribution in [2.24, 2.45) is 7.05 Å². The van der Waals surface area contributed by atoms with Gasteiger partial charge in [-0.3, -0.25) is 4.68 Å². The van der Waals surface area contributed by atoms with Crippen molar-refractivity contribution >= 4 is 11.6 Å². The van der Waals surface area contributed by atoms with E-state index in [1.807, 2.05) is 0 Å². The summed E-state index contributed by atoms with van der Waals surface area (Å²) in [7, 11) is 1.76. The Morgan fingerprint density at radius 1 is 1.50 bits per heavy atom. The van der Waals surface area contributed by atoms with Crippen molar-refractivity contribution < 1.29 is 14.2 Å². The largest absolute Gasteiger partial charge is 0.487 e. The first-order valence-electron chi connectivity index (χ1n) is 6.18. The molecule has 1 aromatic heterocycles. The summed E-state index contributed by atoms with van der Waals surface area (Å²) in [5, 5.41) is 14.4. The van der Waals surface area contributed by atoms with Gasteiger partial charge in [0.05, 0.1) is 22.5 Å². The number of aliphatic hydroxyl groups excluding tert-OH is 1. The molecule has 1 heterocycles.